The van der Waals surface area contributed by atoms with Crippen LogP contribution in [0.5, 0.6) is 0 Å². The molecule has 0 rings (SSSR count). The van der Waals surface area contributed by atoms with Gasteiger partial charge < -0.3 is 4.74 Å². The van der Waals surface area contributed by atoms with Crippen molar-refractivity contribution >= 4 is 5.97 Å². The molecule has 0 radical (unpaired) electrons. The van der Waals surface area contributed by atoms with Gasteiger partial charge in [0.1, 0.15) is 0 Å². The lowest BCUT2D eigenvalue weighted by molar-refractivity contribution is -0.137. The van der Waals surface area contributed by atoms with Crippen molar-refractivity contribution in [1.29, 1.82) is 0 Å². The summed E-state index contributed by atoms with van der Waals surface area (Å²) in [6.45, 7) is 4.78. The number of rotatable bonds is 9. The Morgan fingerprint density at radius 2 is 1.73 bits per heavy atom. The molecule has 0 atom stereocenters. The highest BCUT2D eigenvalue weighted by atomic mass is 16.5. The predicted octanol–water partition coefficient (Wildman–Crippen LogP) is 3.86. The Morgan fingerprint density at radius 1 is 1.07 bits per heavy atom. The summed E-state index contributed by atoms with van der Waals surface area (Å²) in [7, 11) is 0. The minimum atomic E-state index is -0.203. The second-order valence-electron chi connectivity index (χ2n) is 3.75. The molecular weight excluding hydrogens is 188 g/mol. The van der Waals surface area contributed by atoms with Gasteiger partial charge in [0.2, 0.25) is 0 Å². The van der Waals surface area contributed by atoms with Crippen LogP contribution in [-0.4, -0.2) is 12.6 Å². The summed E-state index contributed by atoms with van der Waals surface area (Å²) in [6, 6.07) is 0. The van der Waals surface area contributed by atoms with Crippen molar-refractivity contribution in [2.75, 3.05) is 6.61 Å². The maximum atomic E-state index is 11.0. The van der Waals surface area contributed by atoms with Gasteiger partial charge in [0, 0.05) is 6.08 Å². The van der Waals surface area contributed by atoms with Crippen molar-refractivity contribution < 1.29 is 9.53 Å². The summed E-state index contributed by atoms with van der Waals surface area (Å²) in [4.78, 5) is 11.0. The SMILES string of the molecule is CCC=CC(=O)OCCCCCCCC. The monoisotopic (exact) mass is 212 g/mol. The Kier molecular flexibility index (Phi) is 10.7. The summed E-state index contributed by atoms with van der Waals surface area (Å²) in [5.41, 5.74) is 0. The normalized spacial score (nSPS) is 10.8. The standard InChI is InChI=1S/C13H24O2/c1-3-5-7-8-9-10-12-15-13(14)11-6-4-2/h6,11H,3-5,7-10,12H2,1-2H3. The van der Waals surface area contributed by atoms with Crippen LogP contribution in [0.4, 0.5) is 0 Å². The van der Waals surface area contributed by atoms with E-state index in [0.29, 0.717) is 6.61 Å². The number of carbonyl (C=O) groups excluding carboxylic acids is 1. The highest BCUT2D eigenvalue weighted by Gasteiger charge is 1.95. The van der Waals surface area contributed by atoms with Crippen LogP contribution < -0.4 is 0 Å². The number of carbonyl (C=O) groups is 1. The van der Waals surface area contributed by atoms with Crippen molar-refractivity contribution in [2.24, 2.45) is 0 Å². The second-order valence-corrected chi connectivity index (χ2v) is 3.75. The Bertz CT molecular complexity index is 173. The quantitative estimate of drug-likeness (QED) is 0.329. The summed E-state index contributed by atoms with van der Waals surface area (Å²) in [5.74, 6) is -0.203. The number of ether oxygens (including phenoxy) is 1. The molecule has 0 aromatic rings. The smallest absolute Gasteiger partial charge is 0.330 e. The third-order valence-corrected chi connectivity index (χ3v) is 2.23. The summed E-state index contributed by atoms with van der Waals surface area (Å²) in [6.07, 6.45) is 11.5. The summed E-state index contributed by atoms with van der Waals surface area (Å²) < 4.78 is 5.02. The molecule has 0 spiro atoms. The molecule has 0 aliphatic carbocycles. The maximum absolute atomic E-state index is 11.0. The Labute approximate surface area is 93.7 Å². The number of hydrogen-bond donors (Lipinski definition) is 0. The van der Waals surface area contributed by atoms with Crippen LogP contribution in [0.1, 0.15) is 58.8 Å². The predicted molar refractivity (Wildman–Crippen MR) is 63.8 cm³/mol. The van der Waals surface area contributed by atoms with Crippen molar-refractivity contribution in [1.82, 2.24) is 0 Å². The van der Waals surface area contributed by atoms with Gasteiger partial charge in [-0.25, -0.2) is 4.79 Å². The first-order chi connectivity index (χ1) is 7.31. The van der Waals surface area contributed by atoms with E-state index < -0.39 is 0 Å². The fraction of sp³-hybridized carbons (Fsp3) is 0.769. The van der Waals surface area contributed by atoms with Gasteiger partial charge in [-0.15, -0.1) is 0 Å². The molecule has 0 amide bonds. The highest BCUT2D eigenvalue weighted by molar-refractivity contribution is 5.81. The van der Waals surface area contributed by atoms with E-state index in [1.165, 1.54) is 38.2 Å². The molecule has 0 bridgehead atoms. The van der Waals surface area contributed by atoms with Gasteiger partial charge in [-0.1, -0.05) is 52.0 Å². The average Bonchev–Trinajstić information content (AvgIpc) is 2.25. The van der Waals surface area contributed by atoms with Crippen molar-refractivity contribution in [3.05, 3.63) is 12.2 Å². The lowest BCUT2D eigenvalue weighted by atomic mass is 10.1. The van der Waals surface area contributed by atoms with Gasteiger partial charge in [-0.05, 0) is 12.8 Å². The minimum Gasteiger partial charge on any atom is -0.463 e. The average molecular weight is 212 g/mol. The molecule has 0 heterocycles. The molecule has 15 heavy (non-hydrogen) atoms. The van der Waals surface area contributed by atoms with Crippen LogP contribution in [-0.2, 0) is 9.53 Å². The maximum Gasteiger partial charge on any atom is 0.330 e. The van der Waals surface area contributed by atoms with Gasteiger partial charge in [0.05, 0.1) is 6.61 Å². The van der Waals surface area contributed by atoms with Gasteiger partial charge in [0.15, 0.2) is 0 Å². The van der Waals surface area contributed by atoms with Gasteiger partial charge in [-0.3, -0.25) is 0 Å². The first-order valence-corrected chi connectivity index (χ1v) is 6.14. The zero-order valence-corrected chi connectivity index (χ0v) is 10.1. The first kappa shape index (κ1) is 14.2. The van der Waals surface area contributed by atoms with Crippen LogP contribution in [0.25, 0.3) is 0 Å². The van der Waals surface area contributed by atoms with Gasteiger partial charge >= 0.3 is 5.97 Å². The van der Waals surface area contributed by atoms with Crippen LogP contribution in [0, 0.1) is 0 Å². The molecular formula is C13H24O2. The molecule has 0 aliphatic heterocycles. The van der Waals surface area contributed by atoms with E-state index in [-0.39, 0.29) is 5.97 Å². The first-order valence-electron chi connectivity index (χ1n) is 6.14. The van der Waals surface area contributed by atoms with Crippen LogP contribution in [0.2, 0.25) is 0 Å². The van der Waals surface area contributed by atoms with Gasteiger partial charge in [0.25, 0.3) is 0 Å². The zero-order valence-electron chi connectivity index (χ0n) is 10.1. The minimum absolute atomic E-state index is 0.203. The van der Waals surface area contributed by atoms with E-state index in [1.807, 2.05) is 13.0 Å². The fourth-order valence-electron chi connectivity index (χ4n) is 1.32. The fourth-order valence-corrected chi connectivity index (χ4v) is 1.32. The van der Waals surface area contributed by atoms with E-state index >= 15 is 0 Å². The summed E-state index contributed by atoms with van der Waals surface area (Å²) in [5, 5.41) is 0. The van der Waals surface area contributed by atoms with Crippen molar-refractivity contribution in [2.45, 2.75) is 58.8 Å². The van der Waals surface area contributed by atoms with Crippen LogP contribution in [0.3, 0.4) is 0 Å². The van der Waals surface area contributed by atoms with Crippen LogP contribution >= 0.6 is 0 Å². The molecule has 2 nitrogen and oxygen atoms in total. The molecule has 2 heteroatoms. The second kappa shape index (κ2) is 11.3. The third kappa shape index (κ3) is 11.1. The van der Waals surface area contributed by atoms with E-state index in [0.717, 1.165) is 12.8 Å². The van der Waals surface area contributed by atoms with E-state index in [4.69, 9.17) is 4.74 Å². The van der Waals surface area contributed by atoms with Crippen molar-refractivity contribution in [3.63, 3.8) is 0 Å². The molecule has 0 saturated carbocycles. The lowest BCUT2D eigenvalue weighted by Crippen LogP contribution is -2.02. The van der Waals surface area contributed by atoms with E-state index in [1.54, 1.807) is 0 Å². The Morgan fingerprint density at radius 3 is 2.40 bits per heavy atom. The summed E-state index contributed by atoms with van der Waals surface area (Å²) >= 11 is 0. The number of allylic oxidation sites excluding steroid dienone is 1. The lowest BCUT2D eigenvalue weighted by Gasteiger charge is -2.01. The molecule has 0 N–H and O–H groups in total. The number of unbranched alkanes of at least 4 members (excludes halogenated alkanes) is 5. The molecule has 88 valence electrons. The Hall–Kier alpha value is -0.790. The zero-order chi connectivity index (χ0) is 11.4. The Balaban J connectivity index is 3.16. The topological polar surface area (TPSA) is 26.3 Å². The van der Waals surface area contributed by atoms with E-state index in [2.05, 4.69) is 6.92 Å². The van der Waals surface area contributed by atoms with Crippen LogP contribution in [0.15, 0.2) is 12.2 Å². The number of esters is 1. The molecule has 0 saturated heterocycles. The molecule has 0 unspecified atom stereocenters. The highest BCUT2D eigenvalue weighted by Crippen LogP contribution is 2.04. The van der Waals surface area contributed by atoms with Crippen molar-refractivity contribution in [3.8, 4) is 0 Å². The molecule has 0 aliphatic rings. The molecule has 0 aromatic carbocycles. The van der Waals surface area contributed by atoms with Gasteiger partial charge in [-0.2, -0.15) is 0 Å². The third-order valence-electron chi connectivity index (χ3n) is 2.23. The van der Waals surface area contributed by atoms with E-state index in [9.17, 15) is 4.79 Å². The largest absolute Gasteiger partial charge is 0.463 e. The number of hydrogen-bond acceptors (Lipinski definition) is 2. The molecule has 0 aromatic heterocycles. The molecule has 0 fully saturated rings.